The average Bonchev–Trinajstić information content (AvgIpc) is 3.38. The number of hydrogen-bond donors (Lipinski definition) is 0. The fourth-order valence-corrected chi connectivity index (χ4v) is 5.48. The lowest BCUT2D eigenvalue weighted by atomic mass is 10.1. The van der Waals surface area contributed by atoms with Gasteiger partial charge in [-0.1, -0.05) is 23.9 Å². The van der Waals surface area contributed by atoms with E-state index in [0.29, 0.717) is 6.10 Å². The lowest BCUT2D eigenvalue weighted by Crippen LogP contribution is -2.50. The second kappa shape index (κ2) is 9.39. The van der Waals surface area contributed by atoms with Crippen LogP contribution in [0.2, 0.25) is 0 Å². The number of rotatable bonds is 6. The minimum absolute atomic E-state index is 0.145. The molecule has 0 N–H and O–H groups in total. The quantitative estimate of drug-likeness (QED) is 0.671. The number of amides is 1. The standard InChI is InChI=1S/C21H27N3O2S2/c1-16-14-27-21(22-16)28-15-17-4-6-18(7-5-17)20(25)24-10-8-23(9-11-24)13-19-3-2-12-26-19/h4-7,14,19H,2-3,8-13,15H2,1H3. The molecule has 5 nitrogen and oxygen atoms in total. The van der Waals surface area contributed by atoms with Crippen LogP contribution in [0, 0.1) is 6.92 Å². The molecule has 2 saturated heterocycles. The van der Waals surface area contributed by atoms with Crippen molar-refractivity contribution in [2.24, 2.45) is 0 Å². The summed E-state index contributed by atoms with van der Waals surface area (Å²) in [5.41, 5.74) is 3.08. The highest BCUT2D eigenvalue weighted by atomic mass is 32.2. The van der Waals surface area contributed by atoms with Gasteiger partial charge in [-0.3, -0.25) is 9.69 Å². The van der Waals surface area contributed by atoms with Crippen molar-refractivity contribution in [2.75, 3.05) is 39.3 Å². The highest BCUT2D eigenvalue weighted by molar-refractivity contribution is 8.00. The van der Waals surface area contributed by atoms with E-state index >= 15 is 0 Å². The van der Waals surface area contributed by atoms with E-state index in [2.05, 4.69) is 27.4 Å². The third-order valence-electron chi connectivity index (χ3n) is 5.31. The van der Waals surface area contributed by atoms with Gasteiger partial charge < -0.3 is 9.64 Å². The first-order valence-corrected chi connectivity index (χ1v) is 11.8. The van der Waals surface area contributed by atoms with Crippen LogP contribution in [0.3, 0.4) is 0 Å². The molecule has 4 rings (SSSR count). The molecular formula is C21H27N3O2S2. The van der Waals surface area contributed by atoms with Crippen LogP contribution in [0.15, 0.2) is 34.0 Å². The molecule has 3 heterocycles. The predicted octanol–water partition coefficient (Wildman–Crippen LogP) is 3.68. The number of ether oxygens (including phenoxy) is 1. The first kappa shape index (κ1) is 19.9. The van der Waals surface area contributed by atoms with Gasteiger partial charge in [-0.2, -0.15) is 0 Å². The van der Waals surface area contributed by atoms with Gasteiger partial charge in [-0.25, -0.2) is 4.98 Å². The molecule has 0 radical (unpaired) electrons. The molecule has 1 aromatic heterocycles. The second-order valence-corrected chi connectivity index (χ2v) is 9.55. The highest BCUT2D eigenvalue weighted by Crippen LogP contribution is 2.26. The Morgan fingerprint density at radius 1 is 1.25 bits per heavy atom. The first-order chi connectivity index (χ1) is 13.7. The van der Waals surface area contributed by atoms with Gasteiger partial charge in [0.05, 0.1) is 6.10 Å². The molecule has 0 saturated carbocycles. The van der Waals surface area contributed by atoms with E-state index in [9.17, 15) is 4.79 Å². The first-order valence-electron chi connectivity index (χ1n) is 9.94. The third kappa shape index (κ3) is 5.14. The Morgan fingerprint density at radius 3 is 2.68 bits per heavy atom. The number of nitrogens with zero attached hydrogens (tertiary/aromatic N) is 3. The van der Waals surface area contributed by atoms with E-state index in [0.717, 1.165) is 60.7 Å². The lowest BCUT2D eigenvalue weighted by molar-refractivity contribution is 0.0433. The summed E-state index contributed by atoms with van der Waals surface area (Å²) in [6.07, 6.45) is 2.74. The van der Waals surface area contributed by atoms with E-state index < -0.39 is 0 Å². The van der Waals surface area contributed by atoms with Crippen molar-refractivity contribution in [3.63, 3.8) is 0 Å². The maximum atomic E-state index is 12.8. The molecule has 0 spiro atoms. The Bertz CT molecular complexity index is 779. The number of carbonyl (C=O) groups excluding carboxylic acids is 1. The summed E-state index contributed by atoms with van der Waals surface area (Å²) in [5, 5.41) is 2.07. The Labute approximate surface area is 175 Å². The van der Waals surface area contributed by atoms with Gasteiger partial charge in [0.25, 0.3) is 5.91 Å². The zero-order valence-electron chi connectivity index (χ0n) is 16.3. The topological polar surface area (TPSA) is 45.7 Å². The van der Waals surface area contributed by atoms with Gasteiger partial charge in [-0.15, -0.1) is 11.3 Å². The predicted molar refractivity (Wildman–Crippen MR) is 114 cm³/mol. The normalized spacial score (nSPS) is 20.6. The van der Waals surface area contributed by atoms with Gasteiger partial charge >= 0.3 is 0 Å². The van der Waals surface area contributed by atoms with Crippen molar-refractivity contribution in [3.8, 4) is 0 Å². The van der Waals surface area contributed by atoms with Crippen LogP contribution < -0.4 is 0 Å². The fraction of sp³-hybridized carbons (Fsp3) is 0.524. The SMILES string of the molecule is Cc1csc(SCc2ccc(C(=O)N3CCN(CC4CCCO4)CC3)cc2)n1. The van der Waals surface area contributed by atoms with Gasteiger partial charge in [0.1, 0.15) is 4.34 Å². The minimum Gasteiger partial charge on any atom is -0.377 e. The molecule has 1 amide bonds. The molecule has 1 unspecified atom stereocenters. The van der Waals surface area contributed by atoms with Crippen molar-refractivity contribution in [3.05, 3.63) is 46.5 Å². The summed E-state index contributed by atoms with van der Waals surface area (Å²) in [4.78, 5) is 21.7. The summed E-state index contributed by atoms with van der Waals surface area (Å²) in [5.74, 6) is 1.02. The van der Waals surface area contributed by atoms with E-state index in [4.69, 9.17) is 4.74 Å². The number of hydrogen-bond acceptors (Lipinski definition) is 6. The largest absolute Gasteiger partial charge is 0.377 e. The summed E-state index contributed by atoms with van der Waals surface area (Å²) in [7, 11) is 0. The molecule has 2 aromatic rings. The monoisotopic (exact) mass is 417 g/mol. The van der Waals surface area contributed by atoms with Crippen LogP contribution in [0.4, 0.5) is 0 Å². The van der Waals surface area contributed by atoms with E-state index in [1.807, 2.05) is 24.0 Å². The summed E-state index contributed by atoms with van der Waals surface area (Å²) >= 11 is 3.43. The van der Waals surface area contributed by atoms with Crippen molar-refractivity contribution < 1.29 is 9.53 Å². The molecule has 28 heavy (non-hydrogen) atoms. The maximum Gasteiger partial charge on any atom is 0.253 e. The molecular weight excluding hydrogens is 390 g/mol. The smallest absolute Gasteiger partial charge is 0.253 e. The summed E-state index contributed by atoms with van der Waals surface area (Å²) < 4.78 is 6.83. The van der Waals surface area contributed by atoms with Crippen molar-refractivity contribution in [1.82, 2.24) is 14.8 Å². The van der Waals surface area contributed by atoms with Crippen LogP contribution >= 0.6 is 23.1 Å². The molecule has 2 fully saturated rings. The lowest BCUT2D eigenvalue weighted by Gasteiger charge is -2.35. The molecule has 1 aromatic carbocycles. The molecule has 2 aliphatic heterocycles. The van der Waals surface area contributed by atoms with Gasteiger partial charge in [0, 0.05) is 61.7 Å². The highest BCUT2D eigenvalue weighted by Gasteiger charge is 2.25. The fourth-order valence-electron chi connectivity index (χ4n) is 3.68. The average molecular weight is 418 g/mol. The van der Waals surface area contributed by atoms with Crippen molar-refractivity contribution >= 4 is 29.0 Å². The van der Waals surface area contributed by atoms with Crippen LogP contribution in [0.1, 0.15) is 34.5 Å². The van der Waals surface area contributed by atoms with Gasteiger partial charge in [0.2, 0.25) is 0 Å². The number of carbonyl (C=O) groups is 1. The molecule has 0 aliphatic carbocycles. The number of thiazole rings is 1. The van der Waals surface area contributed by atoms with E-state index in [-0.39, 0.29) is 5.91 Å². The van der Waals surface area contributed by atoms with Gasteiger partial charge in [-0.05, 0) is 37.5 Å². The molecule has 0 bridgehead atoms. The van der Waals surface area contributed by atoms with Crippen LogP contribution in [0.5, 0.6) is 0 Å². The van der Waals surface area contributed by atoms with E-state index in [1.54, 1.807) is 23.1 Å². The van der Waals surface area contributed by atoms with E-state index in [1.165, 1.54) is 18.4 Å². The van der Waals surface area contributed by atoms with Crippen LogP contribution in [-0.2, 0) is 10.5 Å². The molecule has 7 heteroatoms. The van der Waals surface area contributed by atoms with Crippen LogP contribution in [0.25, 0.3) is 0 Å². The molecule has 2 aliphatic rings. The Kier molecular flexibility index (Phi) is 6.67. The Hall–Kier alpha value is -1.41. The van der Waals surface area contributed by atoms with Crippen molar-refractivity contribution in [1.29, 1.82) is 0 Å². The summed E-state index contributed by atoms with van der Waals surface area (Å²) in [6, 6.07) is 8.05. The number of thioether (sulfide) groups is 1. The Morgan fingerprint density at radius 2 is 2.04 bits per heavy atom. The zero-order valence-corrected chi connectivity index (χ0v) is 17.9. The zero-order chi connectivity index (χ0) is 19.3. The number of aromatic nitrogens is 1. The Balaban J connectivity index is 1.25. The molecule has 1 atom stereocenters. The number of aryl methyl sites for hydroxylation is 1. The van der Waals surface area contributed by atoms with Gasteiger partial charge in [0.15, 0.2) is 0 Å². The summed E-state index contributed by atoms with van der Waals surface area (Å²) in [6.45, 7) is 7.40. The maximum absolute atomic E-state index is 12.8. The number of piperazine rings is 1. The number of benzene rings is 1. The van der Waals surface area contributed by atoms with Crippen molar-refractivity contribution in [2.45, 2.75) is 36.0 Å². The minimum atomic E-state index is 0.145. The third-order valence-corrected chi connectivity index (χ3v) is 7.52. The molecule has 150 valence electrons. The van der Waals surface area contributed by atoms with Crippen LogP contribution in [-0.4, -0.2) is 66.1 Å². The second-order valence-electron chi connectivity index (χ2n) is 7.47.